The molecule has 0 spiro atoms. The summed E-state index contributed by atoms with van der Waals surface area (Å²) < 4.78 is 0. The maximum Gasteiger partial charge on any atom is 0.0790 e. The van der Waals surface area contributed by atoms with E-state index in [4.69, 9.17) is 4.98 Å². The van der Waals surface area contributed by atoms with Gasteiger partial charge in [-0.05, 0) is 33.0 Å². The zero-order valence-electron chi connectivity index (χ0n) is 19.3. The normalized spacial score (nSPS) is 11.5. The lowest BCUT2D eigenvalue weighted by Crippen LogP contribution is -2.02. The highest BCUT2D eigenvalue weighted by Crippen LogP contribution is 2.54. The molecule has 0 N–H and O–H groups in total. The van der Waals surface area contributed by atoms with Gasteiger partial charge in [-0.25, -0.2) is 0 Å². The molecule has 0 atom stereocenters. The molecular weight excluding hydrogens is 422 g/mol. The molecule has 0 amide bonds. The zero-order chi connectivity index (χ0) is 23.2. The molecule has 164 valence electrons. The molecule has 1 aromatic heterocycles. The molecule has 1 aliphatic rings. The Labute approximate surface area is 205 Å². The van der Waals surface area contributed by atoms with E-state index in [1.54, 1.807) is 0 Å². The highest BCUT2D eigenvalue weighted by Gasteiger charge is 2.30. The van der Waals surface area contributed by atoms with E-state index < -0.39 is 0 Å². The summed E-state index contributed by atoms with van der Waals surface area (Å²) in [6.45, 7) is 0. The fourth-order valence-corrected chi connectivity index (χ4v) is 5.56. The summed E-state index contributed by atoms with van der Waals surface area (Å²) in [6, 6.07) is 45.4. The second-order valence-electron chi connectivity index (χ2n) is 9.14. The summed E-state index contributed by atoms with van der Waals surface area (Å²) in [4.78, 5) is 5.46. The number of rotatable bonds is 4. The second kappa shape index (κ2) is 8.07. The Morgan fingerprint density at radius 1 is 0.457 bits per heavy atom. The van der Waals surface area contributed by atoms with Crippen molar-refractivity contribution in [1.29, 1.82) is 0 Å². The molecule has 6 aromatic rings. The van der Waals surface area contributed by atoms with Gasteiger partial charge in [0.1, 0.15) is 0 Å². The molecule has 0 aliphatic heterocycles. The summed E-state index contributed by atoms with van der Waals surface area (Å²) in [5, 5.41) is 2.61. The number of aromatic nitrogens is 1. The van der Waals surface area contributed by atoms with Gasteiger partial charge >= 0.3 is 0 Å². The predicted octanol–water partition coefficient (Wildman–Crippen LogP) is 8.81. The minimum atomic E-state index is 0.782. The minimum absolute atomic E-state index is 0.782. The van der Waals surface area contributed by atoms with E-state index >= 15 is 0 Å². The summed E-state index contributed by atoms with van der Waals surface area (Å²) in [5.74, 6) is 0. The van der Waals surface area contributed by atoms with Gasteiger partial charge in [-0.15, -0.1) is 0 Å². The molecule has 0 saturated heterocycles. The predicted molar refractivity (Wildman–Crippen MR) is 146 cm³/mol. The largest absolute Gasteiger partial charge is 0.251 e. The van der Waals surface area contributed by atoms with Crippen molar-refractivity contribution < 1.29 is 0 Å². The molecule has 1 nitrogen and oxygen atoms in total. The Balaban J connectivity index is 1.63. The molecule has 0 radical (unpaired) electrons. The maximum atomic E-state index is 5.46. The lowest BCUT2D eigenvalue weighted by Gasteiger charge is -2.19. The van der Waals surface area contributed by atoms with Gasteiger partial charge in [0.15, 0.2) is 0 Å². The van der Waals surface area contributed by atoms with Crippen LogP contribution in [0.25, 0.3) is 55.4 Å². The van der Waals surface area contributed by atoms with E-state index in [1.807, 2.05) is 0 Å². The molecule has 7 rings (SSSR count). The molecule has 5 aromatic carbocycles. The molecular formula is C34H23N. The van der Waals surface area contributed by atoms with Crippen molar-refractivity contribution in [2.75, 3.05) is 0 Å². The second-order valence-corrected chi connectivity index (χ2v) is 9.14. The van der Waals surface area contributed by atoms with Gasteiger partial charge < -0.3 is 0 Å². The van der Waals surface area contributed by atoms with E-state index in [2.05, 4.69) is 127 Å². The number of benzene rings is 5. The van der Waals surface area contributed by atoms with Crippen LogP contribution < -0.4 is 0 Å². The highest BCUT2D eigenvalue weighted by atomic mass is 14.7. The number of hydrogen-bond donors (Lipinski definition) is 0. The average Bonchev–Trinajstić information content (AvgIpc) is 3.26. The first-order valence-electron chi connectivity index (χ1n) is 12.1. The van der Waals surface area contributed by atoms with Crippen molar-refractivity contribution in [3.05, 3.63) is 139 Å². The third kappa shape index (κ3) is 3.20. The summed E-state index contributed by atoms with van der Waals surface area (Å²) in [5.41, 5.74) is 12.2. The Kier molecular flexibility index (Phi) is 4.60. The first-order chi connectivity index (χ1) is 17.4. The molecule has 35 heavy (non-hydrogen) atoms. The number of nitrogens with zero attached hydrogens (tertiary/aromatic N) is 1. The first kappa shape index (κ1) is 19.9. The van der Waals surface area contributed by atoms with Gasteiger partial charge in [0.2, 0.25) is 0 Å². The Bertz CT molecular complexity index is 1680. The first-order valence-corrected chi connectivity index (χ1v) is 12.1. The van der Waals surface area contributed by atoms with Gasteiger partial charge in [0.25, 0.3) is 0 Å². The van der Waals surface area contributed by atoms with Gasteiger partial charge in [-0.3, -0.25) is 4.98 Å². The average molecular weight is 446 g/mol. The standard InChI is InChI=1S/C34H23N/c1-4-12-23(13-5-1)22-29-31(25-14-6-2-7-15-25)32-27-20-10-18-24-19-11-21-28(30(24)27)33(32)34(35-29)26-16-8-3-9-17-26/h1-21H,22H2. The summed E-state index contributed by atoms with van der Waals surface area (Å²) in [6.07, 6.45) is 0.782. The van der Waals surface area contributed by atoms with Crippen LogP contribution in [0.15, 0.2) is 127 Å². The summed E-state index contributed by atoms with van der Waals surface area (Å²) in [7, 11) is 0. The van der Waals surface area contributed by atoms with E-state index in [-0.39, 0.29) is 0 Å². The maximum absolute atomic E-state index is 5.46. The molecule has 0 fully saturated rings. The topological polar surface area (TPSA) is 12.9 Å². The van der Waals surface area contributed by atoms with E-state index in [0.29, 0.717) is 0 Å². The summed E-state index contributed by atoms with van der Waals surface area (Å²) >= 11 is 0. The monoisotopic (exact) mass is 445 g/mol. The number of hydrogen-bond acceptors (Lipinski definition) is 1. The van der Waals surface area contributed by atoms with E-state index in [0.717, 1.165) is 23.4 Å². The third-order valence-electron chi connectivity index (χ3n) is 7.04. The van der Waals surface area contributed by atoms with Crippen LogP contribution in [0.2, 0.25) is 0 Å². The quantitative estimate of drug-likeness (QED) is 0.264. The molecule has 0 unspecified atom stereocenters. The van der Waals surface area contributed by atoms with Crippen LogP contribution in [0, 0.1) is 0 Å². The lowest BCUT2D eigenvalue weighted by atomic mass is 9.88. The van der Waals surface area contributed by atoms with E-state index in [1.165, 1.54) is 49.7 Å². The van der Waals surface area contributed by atoms with Crippen LogP contribution in [-0.2, 0) is 6.42 Å². The highest BCUT2D eigenvalue weighted by molar-refractivity contribution is 6.20. The molecule has 0 saturated carbocycles. The number of fused-ring (bicyclic) bond motifs is 3. The van der Waals surface area contributed by atoms with Gasteiger partial charge in [0, 0.05) is 28.7 Å². The van der Waals surface area contributed by atoms with Crippen LogP contribution in [0.5, 0.6) is 0 Å². The third-order valence-corrected chi connectivity index (χ3v) is 7.04. The fraction of sp³-hybridized carbons (Fsp3) is 0.0294. The van der Waals surface area contributed by atoms with Gasteiger partial charge in [-0.2, -0.15) is 0 Å². The Morgan fingerprint density at radius 2 is 1.03 bits per heavy atom. The van der Waals surface area contributed by atoms with Crippen molar-refractivity contribution in [1.82, 2.24) is 4.98 Å². The molecule has 1 aliphatic carbocycles. The van der Waals surface area contributed by atoms with Crippen LogP contribution >= 0.6 is 0 Å². The zero-order valence-corrected chi connectivity index (χ0v) is 19.3. The minimum Gasteiger partial charge on any atom is -0.251 e. The van der Waals surface area contributed by atoms with Crippen molar-refractivity contribution in [2.24, 2.45) is 0 Å². The Morgan fingerprint density at radius 3 is 1.69 bits per heavy atom. The lowest BCUT2D eigenvalue weighted by molar-refractivity contribution is 1.08. The van der Waals surface area contributed by atoms with Gasteiger partial charge in [0.05, 0.1) is 11.4 Å². The fourth-order valence-electron chi connectivity index (χ4n) is 5.56. The smallest absolute Gasteiger partial charge is 0.0790 e. The van der Waals surface area contributed by atoms with Crippen LogP contribution in [0.4, 0.5) is 0 Å². The SMILES string of the molecule is c1ccc(Cc2nc(-c3ccccc3)c3c(c2-c2ccccc2)-c2cccc4cccc-3c24)cc1. The molecule has 1 heteroatoms. The van der Waals surface area contributed by atoms with Crippen molar-refractivity contribution in [3.63, 3.8) is 0 Å². The van der Waals surface area contributed by atoms with E-state index in [9.17, 15) is 0 Å². The molecule has 1 heterocycles. The van der Waals surface area contributed by atoms with Crippen LogP contribution in [0.1, 0.15) is 11.3 Å². The van der Waals surface area contributed by atoms with Crippen LogP contribution in [-0.4, -0.2) is 4.98 Å². The van der Waals surface area contributed by atoms with Crippen molar-refractivity contribution >= 4 is 10.8 Å². The molecule has 0 bridgehead atoms. The van der Waals surface area contributed by atoms with Gasteiger partial charge in [-0.1, -0.05) is 127 Å². The van der Waals surface area contributed by atoms with Crippen molar-refractivity contribution in [3.8, 4) is 44.6 Å². The Hall–Kier alpha value is -4.49. The van der Waals surface area contributed by atoms with Crippen LogP contribution in [0.3, 0.4) is 0 Å². The van der Waals surface area contributed by atoms with Crippen molar-refractivity contribution in [2.45, 2.75) is 6.42 Å². The number of pyridine rings is 1.